The van der Waals surface area contributed by atoms with Crippen LogP contribution in [0.1, 0.15) is 0 Å². The summed E-state index contributed by atoms with van der Waals surface area (Å²) in [7, 11) is 3.39. The molecular weight excluding hydrogens is 266 g/mol. The zero-order valence-electron chi connectivity index (χ0n) is 10.5. The molecule has 0 unspecified atom stereocenters. The Morgan fingerprint density at radius 3 is 2.63 bits per heavy atom. The Labute approximate surface area is 114 Å². The van der Waals surface area contributed by atoms with E-state index in [4.69, 9.17) is 4.42 Å². The van der Waals surface area contributed by atoms with E-state index in [2.05, 4.69) is 10.2 Å². The number of phenols is 1. The van der Waals surface area contributed by atoms with Crippen molar-refractivity contribution in [3.8, 4) is 17.2 Å². The summed E-state index contributed by atoms with van der Waals surface area (Å²) in [5.41, 5.74) is 0.719. The predicted octanol–water partition coefficient (Wildman–Crippen LogP) is 1.62. The molecule has 2 aromatic rings. The van der Waals surface area contributed by atoms with Crippen LogP contribution in [0.25, 0.3) is 11.5 Å². The van der Waals surface area contributed by atoms with Crippen molar-refractivity contribution in [1.82, 2.24) is 15.1 Å². The summed E-state index contributed by atoms with van der Waals surface area (Å²) >= 11 is 1.19. The maximum Gasteiger partial charge on any atom is 0.277 e. The molecule has 1 heterocycles. The number of benzene rings is 1. The van der Waals surface area contributed by atoms with Crippen molar-refractivity contribution >= 4 is 17.7 Å². The van der Waals surface area contributed by atoms with Gasteiger partial charge in [-0.15, -0.1) is 10.2 Å². The number of nitrogens with zero attached hydrogens (tertiary/aromatic N) is 3. The zero-order chi connectivity index (χ0) is 13.8. The quantitative estimate of drug-likeness (QED) is 0.857. The highest BCUT2D eigenvalue weighted by molar-refractivity contribution is 7.99. The van der Waals surface area contributed by atoms with Gasteiger partial charge in [0, 0.05) is 19.7 Å². The molecule has 0 aliphatic heterocycles. The minimum Gasteiger partial charge on any atom is -0.508 e. The van der Waals surface area contributed by atoms with Crippen LogP contribution in [0.4, 0.5) is 0 Å². The smallest absolute Gasteiger partial charge is 0.277 e. The molecule has 6 nitrogen and oxygen atoms in total. The summed E-state index contributed by atoms with van der Waals surface area (Å²) in [5.74, 6) is 0.771. The number of rotatable bonds is 4. The average Bonchev–Trinajstić information content (AvgIpc) is 2.85. The molecule has 1 amide bonds. The number of aromatic hydroxyl groups is 1. The van der Waals surface area contributed by atoms with Crippen molar-refractivity contribution in [2.24, 2.45) is 0 Å². The molecule has 0 atom stereocenters. The first-order valence-corrected chi connectivity index (χ1v) is 6.50. The number of hydrogen-bond acceptors (Lipinski definition) is 6. The van der Waals surface area contributed by atoms with Gasteiger partial charge < -0.3 is 14.4 Å². The molecule has 1 aromatic carbocycles. The molecular formula is C12H13N3O3S. The topological polar surface area (TPSA) is 79.5 Å². The largest absolute Gasteiger partial charge is 0.508 e. The van der Waals surface area contributed by atoms with Crippen LogP contribution in [0, 0.1) is 0 Å². The van der Waals surface area contributed by atoms with E-state index in [9.17, 15) is 9.90 Å². The van der Waals surface area contributed by atoms with Gasteiger partial charge in [-0.1, -0.05) is 11.8 Å². The molecule has 0 aliphatic rings. The Kier molecular flexibility index (Phi) is 4.06. The van der Waals surface area contributed by atoms with Crippen LogP contribution in [0.2, 0.25) is 0 Å². The standard InChI is InChI=1S/C12H13N3O3S/c1-15(2)10(17)7-19-12-14-13-11(18-12)8-3-5-9(16)6-4-8/h3-6,16H,7H2,1-2H3. The molecule has 0 radical (unpaired) electrons. The lowest BCUT2D eigenvalue weighted by atomic mass is 10.2. The number of aromatic nitrogens is 2. The van der Waals surface area contributed by atoms with E-state index in [1.165, 1.54) is 16.7 Å². The minimum absolute atomic E-state index is 0.0191. The van der Waals surface area contributed by atoms with Crippen LogP contribution < -0.4 is 0 Å². The average molecular weight is 279 g/mol. The number of phenolic OH excluding ortho intramolecular Hbond substituents is 1. The molecule has 0 fully saturated rings. The Bertz CT molecular complexity index is 566. The van der Waals surface area contributed by atoms with Crippen LogP contribution in [0.15, 0.2) is 33.9 Å². The van der Waals surface area contributed by atoms with E-state index in [0.29, 0.717) is 11.1 Å². The molecule has 0 spiro atoms. The third-order valence-corrected chi connectivity index (χ3v) is 3.14. The number of thioether (sulfide) groups is 1. The molecule has 19 heavy (non-hydrogen) atoms. The van der Waals surface area contributed by atoms with E-state index < -0.39 is 0 Å². The third kappa shape index (κ3) is 3.47. The first-order valence-electron chi connectivity index (χ1n) is 5.52. The fourth-order valence-electron chi connectivity index (χ4n) is 1.24. The molecule has 1 aromatic heterocycles. The number of carbonyl (C=O) groups is 1. The van der Waals surface area contributed by atoms with Crippen LogP contribution in [0.5, 0.6) is 5.75 Å². The van der Waals surface area contributed by atoms with Crippen LogP contribution in [-0.2, 0) is 4.79 Å². The van der Waals surface area contributed by atoms with E-state index in [1.54, 1.807) is 38.4 Å². The van der Waals surface area contributed by atoms with Crippen LogP contribution in [-0.4, -0.2) is 46.0 Å². The number of carbonyl (C=O) groups excluding carboxylic acids is 1. The van der Waals surface area contributed by atoms with Gasteiger partial charge in [0.15, 0.2) is 0 Å². The first kappa shape index (κ1) is 13.4. The fourth-order valence-corrected chi connectivity index (χ4v) is 1.98. The Balaban J connectivity index is 2.03. The van der Waals surface area contributed by atoms with Gasteiger partial charge in [0.05, 0.1) is 5.75 Å². The molecule has 100 valence electrons. The van der Waals surface area contributed by atoms with Gasteiger partial charge in [0.1, 0.15) is 5.75 Å². The van der Waals surface area contributed by atoms with Crippen LogP contribution >= 0.6 is 11.8 Å². The highest BCUT2D eigenvalue weighted by Gasteiger charge is 2.11. The van der Waals surface area contributed by atoms with Gasteiger partial charge in [-0.05, 0) is 24.3 Å². The molecule has 0 aliphatic carbocycles. The van der Waals surface area contributed by atoms with Gasteiger partial charge in [0.25, 0.3) is 5.22 Å². The molecule has 2 rings (SSSR count). The molecule has 0 saturated carbocycles. The second kappa shape index (κ2) is 5.75. The second-order valence-electron chi connectivity index (χ2n) is 4.00. The Hall–Kier alpha value is -2.02. The van der Waals surface area contributed by atoms with Crippen molar-refractivity contribution in [3.63, 3.8) is 0 Å². The van der Waals surface area contributed by atoms with Crippen molar-refractivity contribution in [3.05, 3.63) is 24.3 Å². The van der Waals surface area contributed by atoms with Crippen molar-refractivity contribution in [2.75, 3.05) is 19.8 Å². The third-order valence-electron chi connectivity index (χ3n) is 2.34. The first-order chi connectivity index (χ1) is 9.06. The summed E-state index contributed by atoms with van der Waals surface area (Å²) in [5, 5.41) is 17.3. The summed E-state index contributed by atoms with van der Waals surface area (Å²) in [6.07, 6.45) is 0. The Morgan fingerprint density at radius 1 is 1.32 bits per heavy atom. The van der Waals surface area contributed by atoms with Gasteiger partial charge in [0.2, 0.25) is 11.8 Å². The maximum absolute atomic E-state index is 11.4. The van der Waals surface area contributed by atoms with E-state index in [-0.39, 0.29) is 17.4 Å². The number of amides is 1. The molecule has 0 bridgehead atoms. The summed E-state index contributed by atoms with van der Waals surface area (Å²) in [4.78, 5) is 12.9. The highest BCUT2D eigenvalue weighted by Crippen LogP contribution is 2.24. The van der Waals surface area contributed by atoms with Crippen molar-refractivity contribution in [1.29, 1.82) is 0 Å². The van der Waals surface area contributed by atoms with Crippen molar-refractivity contribution in [2.45, 2.75) is 5.22 Å². The van der Waals surface area contributed by atoms with E-state index in [0.717, 1.165) is 5.56 Å². The lowest BCUT2D eigenvalue weighted by Crippen LogP contribution is -2.23. The van der Waals surface area contributed by atoms with Gasteiger partial charge in [-0.3, -0.25) is 4.79 Å². The van der Waals surface area contributed by atoms with Gasteiger partial charge >= 0.3 is 0 Å². The van der Waals surface area contributed by atoms with Gasteiger partial charge in [-0.25, -0.2) is 0 Å². The summed E-state index contributed by atoms with van der Waals surface area (Å²) < 4.78 is 5.43. The Morgan fingerprint density at radius 2 is 2.00 bits per heavy atom. The predicted molar refractivity (Wildman–Crippen MR) is 70.8 cm³/mol. The zero-order valence-corrected chi connectivity index (χ0v) is 11.3. The monoisotopic (exact) mass is 279 g/mol. The lowest BCUT2D eigenvalue weighted by molar-refractivity contribution is -0.125. The van der Waals surface area contributed by atoms with E-state index >= 15 is 0 Å². The SMILES string of the molecule is CN(C)C(=O)CSc1nnc(-c2ccc(O)cc2)o1. The molecule has 1 N–H and O–H groups in total. The number of hydrogen-bond donors (Lipinski definition) is 1. The van der Waals surface area contributed by atoms with Crippen molar-refractivity contribution < 1.29 is 14.3 Å². The highest BCUT2D eigenvalue weighted by atomic mass is 32.2. The summed E-state index contributed by atoms with van der Waals surface area (Å²) in [6.45, 7) is 0. The van der Waals surface area contributed by atoms with E-state index in [1.807, 2.05) is 0 Å². The lowest BCUT2D eigenvalue weighted by Gasteiger charge is -2.07. The maximum atomic E-state index is 11.4. The summed E-state index contributed by atoms with van der Waals surface area (Å²) in [6, 6.07) is 6.45. The molecule has 0 saturated heterocycles. The van der Waals surface area contributed by atoms with Gasteiger partial charge in [-0.2, -0.15) is 0 Å². The molecule has 7 heteroatoms. The second-order valence-corrected chi connectivity index (χ2v) is 4.92. The normalized spacial score (nSPS) is 10.4. The minimum atomic E-state index is -0.0191. The van der Waals surface area contributed by atoms with Crippen LogP contribution in [0.3, 0.4) is 0 Å². The fraction of sp³-hybridized carbons (Fsp3) is 0.250.